The number of carbonyl (C=O) groups is 2. The molecule has 1 amide bonds. The fourth-order valence-corrected chi connectivity index (χ4v) is 5.80. The number of amides is 1. The number of nitrogens with zero attached hydrogens (tertiary/aromatic N) is 4. The van der Waals surface area contributed by atoms with Crippen LogP contribution in [0.4, 0.5) is 13.2 Å². The Kier molecular flexibility index (Phi) is 11.4. The summed E-state index contributed by atoms with van der Waals surface area (Å²) in [5.74, 6) is 0.0478. The smallest absolute Gasteiger partial charge is 0.416 e. The molecule has 0 fully saturated rings. The summed E-state index contributed by atoms with van der Waals surface area (Å²) in [4.78, 5) is 42.2. The first-order chi connectivity index (χ1) is 26.4. The number of halogens is 3. The highest BCUT2D eigenvalue weighted by Crippen LogP contribution is 2.30. The second-order valence-electron chi connectivity index (χ2n) is 12.7. The predicted octanol–water partition coefficient (Wildman–Crippen LogP) is 9.42. The monoisotopic (exact) mass is 743 g/mol. The molecule has 7 aromatic rings. The van der Waals surface area contributed by atoms with E-state index in [4.69, 9.17) is 9.47 Å². The first kappa shape index (κ1) is 38.0. The standard InChI is InChI=1S/C25H23N3O2.C18H13F3N2O2/c1-16(18-6-8-19(9-7-18)20-10-12-22(30-3)13-11-20)28-25(29)23-15-21-5-4-14-26-24(21)27-17(23)2;1-11-15(9-13-5-3-7-22-16(13)23-11)17(24)25-10-12-4-2-6-14(8-12)18(19,20)21/h4-16H,1-3H3,(H,28,29);2-9H,10H2,1H3. The molecule has 55 heavy (non-hydrogen) atoms. The van der Waals surface area contributed by atoms with Gasteiger partial charge in [-0.3, -0.25) is 4.79 Å². The van der Waals surface area contributed by atoms with Crippen LogP contribution in [-0.2, 0) is 17.5 Å². The minimum absolute atomic E-state index is 0.133. The van der Waals surface area contributed by atoms with E-state index in [1.807, 2.05) is 68.4 Å². The van der Waals surface area contributed by atoms with Gasteiger partial charge in [0.1, 0.15) is 12.4 Å². The third kappa shape index (κ3) is 9.28. The number of pyridine rings is 4. The quantitative estimate of drug-likeness (QED) is 0.153. The maximum Gasteiger partial charge on any atom is 0.416 e. The Labute approximate surface area is 315 Å². The van der Waals surface area contributed by atoms with E-state index < -0.39 is 17.7 Å². The van der Waals surface area contributed by atoms with E-state index >= 15 is 0 Å². The molecular formula is C43H36F3N5O4. The minimum Gasteiger partial charge on any atom is -0.497 e. The van der Waals surface area contributed by atoms with Gasteiger partial charge in [0.05, 0.1) is 41.2 Å². The number of nitrogens with one attached hydrogen (secondary N) is 1. The van der Waals surface area contributed by atoms with Gasteiger partial charge in [0.15, 0.2) is 11.3 Å². The van der Waals surface area contributed by atoms with E-state index in [-0.39, 0.29) is 29.7 Å². The van der Waals surface area contributed by atoms with Gasteiger partial charge in [-0.2, -0.15) is 13.2 Å². The molecule has 1 unspecified atom stereocenters. The highest BCUT2D eigenvalue weighted by Gasteiger charge is 2.30. The van der Waals surface area contributed by atoms with Crippen LogP contribution in [0.2, 0.25) is 0 Å². The molecule has 4 heterocycles. The number of fused-ring (bicyclic) bond motifs is 2. The summed E-state index contributed by atoms with van der Waals surface area (Å²) < 4.78 is 48.5. The average molecular weight is 744 g/mol. The number of benzene rings is 3. The number of esters is 1. The van der Waals surface area contributed by atoms with Crippen molar-refractivity contribution in [1.29, 1.82) is 0 Å². The van der Waals surface area contributed by atoms with Gasteiger partial charge in [-0.1, -0.05) is 48.5 Å². The van der Waals surface area contributed by atoms with Crippen LogP contribution in [0, 0.1) is 13.8 Å². The molecule has 0 saturated heterocycles. The molecule has 0 aliphatic carbocycles. The summed E-state index contributed by atoms with van der Waals surface area (Å²) in [6, 6.07) is 31.4. The predicted molar refractivity (Wildman–Crippen MR) is 203 cm³/mol. The highest BCUT2D eigenvalue weighted by molar-refractivity contribution is 5.98. The second-order valence-corrected chi connectivity index (χ2v) is 12.7. The van der Waals surface area contributed by atoms with Gasteiger partial charge >= 0.3 is 12.1 Å². The molecule has 12 heteroatoms. The van der Waals surface area contributed by atoms with Crippen molar-refractivity contribution in [2.75, 3.05) is 7.11 Å². The van der Waals surface area contributed by atoms with Crippen molar-refractivity contribution < 1.29 is 32.2 Å². The van der Waals surface area contributed by atoms with Gasteiger partial charge in [0, 0.05) is 23.2 Å². The van der Waals surface area contributed by atoms with Crippen molar-refractivity contribution in [2.45, 2.75) is 39.6 Å². The Balaban J connectivity index is 0.000000190. The lowest BCUT2D eigenvalue weighted by atomic mass is 10.0. The molecule has 278 valence electrons. The van der Waals surface area contributed by atoms with E-state index in [9.17, 15) is 22.8 Å². The third-order valence-corrected chi connectivity index (χ3v) is 8.83. The Morgan fingerprint density at radius 3 is 1.87 bits per heavy atom. The lowest BCUT2D eigenvalue weighted by molar-refractivity contribution is -0.137. The Morgan fingerprint density at radius 2 is 1.29 bits per heavy atom. The molecule has 9 nitrogen and oxygen atoms in total. The molecule has 4 aromatic heterocycles. The molecule has 0 aliphatic heterocycles. The zero-order valence-corrected chi connectivity index (χ0v) is 30.4. The maximum atomic E-state index is 12.9. The fraction of sp³-hybridized carbons (Fsp3) is 0.163. The topological polar surface area (TPSA) is 116 Å². The van der Waals surface area contributed by atoms with E-state index in [0.29, 0.717) is 33.6 Å². The Bertz CT molecular complexity index is 2470. The van der Waals surface area contributed by atoms with Crippen LogP contribution in [-0.4, -0.2) is 38.9 Å². The van der Waals surface area contributed by atoms with Crippen LogP contribution in [0.3, 0.4) is 0 Å². The second kappa shape index (κ2) is 16.5. The Morgan fingerprint density at radius 1 is 0.727 bits per heavy atom. The van der Waals surface area contributed by atoms with Crippen molar-refractivity contribution in [2.24, 2.45) is 0 Å². The number of aryl methyl sites for hydroxylation is 2. The van der Waals surface area contributed by atoms with Gasteiger partial charge in [-0.15, -0.1) is 0 Å². The fourth-order valence-electron chi connectivity index (χ4n) is 5.80. The summed E-state index contributed by atoms with van der Waals surface area (Å²) >= 11 is 0. The molecule has 3 aromatic carbocycles. The first-order valence-electron chi connectivity index (χ1n) is 17.2. The van der Waals surface area contributed by atoms with Crippen LogP contribution >= 0.6 is 0 Å². The van der Waals surface area contributed by atoms with Crippen LogP contribution in [0.15, 0.2) is 122 Å². The van der Waals surface area contributed by atoms with E-state index in [1.165, 1.54) is 12.1 Å². The van der Waals surface area contributed by atoms with Crippen molar-refractivity contribution in [3.63, 3.8) is 0 Å². The number of carbonyl (C=O) groups excluding carboxylic acids is 2. The number of methoxy groups -OCH3 is 1. The number of rotatable bonds is 8. The number of ether oxygens (including phenoxy) is 2. The third-order valence-electron chi connectivity index (χ3n) is 8.83. The SMILES string of the molecule is COc1ccc(-c2ccc(C(C)NC(=O)c3cc4cccnc4nc3C)cc2)cc1.Cc1nc2ncccc2cc1C(=O)OCc1cccc(C(F)(F)F)c1. The molecular weight excluding hydrogens is 707 g/mol. The summed E-state index contributed by atoms with van der Waals surface area (Å²) in [7, 11) is 1.66. The van der Waals surface area contributed by atoms with Crippen molar-refractivity contribution >= 4 is 33.9 Å². The average Bonchev–Trinajstić information content (AvgIpc) is 3.19. The van der Waals surface area contributed by atoms with Gasteiger partial charge < -0.3 is 14.8 Å². The number of aromatic nitrogens is 4. The lowest BCUT2D eigenvalue weighted by Gasteiger charge is -2.16. The first-order valence-corrected chi connectivity index (χ1v) is 17.2. The summed E-state index contributed by atoms with van der Waals surface area (Å²) in [5.41, 5.74) is 5.84. The number of alkyl halides is 3. The molecule has 7 rings (SSSR count). The molecule has 0 saturated carbocycles. The van der Waals surface area contributed by atoms with Crippen molar-refractivity contribution in [3.8, 4) is 16.9 Å². The zero-order valence-electron chi connectivity index (χ0n) is 30.4. The van der Waals surface area contributed by atoms with E-state index in [1.54, 1.807) is 44.6 Å². The lowest BCUT2D eigenvalue weighted by Crippen LogP contribution is -2.27. The molecule has 1 N–H and O–H groups in total. The van der Waals surface area contributed by atoms with Crippen LogP contribution in [0.25, 0.3) is 33.2 Å². The normalized spacial score (nSPS) is 11.7. The molecule has 0 radical (unpaired) electrons. The van der Waals surface area contributed by atoms with Crippen molar-refractivity contribution in [3.05, 3.63) is 161 Å². The maximum absolute atomic E-state index is 12.9. The molecule has 1 atom stereocenters. The van der Waals surface area contributed by atoms with Crippen LogP contribution in [0.5, 0.6) is 5.75 Å². The van der Waals surface area contributed by atoms with Gasteiger partial charge in [0.25, 0.3) is 5.91 Å². The van der Waals surface area contributed by atoms with Crippen molar-refractivity contribution in [1.82, 2.24) is 25.3 Å². The summed E-state index contributed by atoms with van der Waals surface area (Å²) in [5, 5.41) is 4.61. The van der Waals surface area contributed by atoms with E-state index in [2.05, 4.69) is 37.4 Å². The van der Waals surface area contributed by atoms with Gasteiger partial charge in [-0.05, 0) is 104 Å². The molecule has 0 spiro atoms. The molecule has 0 aliphatic rings. The molecule has 0 bridgehead atoms. The van der Waals surface area contributed by atoms with Crippen LogP contribution in [0.1, 0.15) is 61.8 Å². The summed E-state index contributed by atoms with van der Waals surface area (Å²) in [6.45, 7) is 5.20. The summed E-state index contributed by atoms with van der Waals surface area (Å²) in [6.07, 6.45) is -1.14. The van der Waals surface area contributed by atoms with Gasteiger partial charge in [-0.25, -0.2) is 24.7 Å². The highest BCUT2D eigenvalue weighted by atomic mass is 19.4. The Hall–Kier alpha value is -6.69. The minimum atomic E-state index is -4.44. The van der Waals surface area contributed by atoms with E-state index in [0.717, 1.165) is 40.0 Å². The number of hydrogen-bond donors (Lipinski definition) is 1. The zero-order chi connectivity index (χ0) is 39.1. The largest absolute Gasteiger partial charge is 0.497 e. The van der Waals surface area contributed by atoms with Crippen LogP contribution < -0.4 is 10.1 Å². The number of hydrogen-bond acceptors (Lipinski definition) is 8. The van der Waals surface area contributed by atoms with Gasteiger partial charge in [0.2, 0.25) is 0 Å².